The summed E-state index contributed by atoms with van der Waals surface area (Å²) in [4.78, 5) is 11.2. The normalized spacial score (nSPS) is 12.2. The first-order valence-corrected chi connectivity index (χ1v) is 4.92. The Balaban J connectivity index is 2.84. The zero-order valence-electron chi connectivity index (χ0n) is 8.70. The number of ether oxygens (including phenoxy) is 2. The third-order valence-electron chi connectivity index (χ3n) is 1.96. The first-order chi connectivity index (χ1) is 7.19. The minimum absolute atomic E-state index is 0.453. The molecule has 0 amide bonds. The number of carbonyl (C=O) groups is 1. The van der Waals surface area contributed by atoms with Gasteiger partial charge in [-0.15, -0.1) is 11.6 Å². The number of esters is 1. The minimum atomic E-state index is -0.758. The molecule has 4 heteroatoms. The molecule has 1 atom stereocenters. The van der Waals surface area contributed by atoms with E-state index in [1.807, 2.05) is 18.2 Å². The van der Waals surface area contributed by atoms with Gasteiger partial charge in [0.05, 0.1) is 13.7 Å². The van der Waals surface area contributed by atoms with Gasteiger partial charge in [-0.1, -0.05) is 24.3 Å². The number of hydrogen-bond donors (Lipinski definition) is 0. The van der Waals surface area contributed by atoms with E-state index in [2.05, 4.69) is 4.74 Å². The van der Waals surface area contributed by atoms with Crippen LogP contribution in [0.15, 0.2) is 24.3 Å². The van der Waals surface area contributed by atoms with Gasteiger partial charge in [-0.3, -0.25) is 4.79 Å². The van der Waals surface area contributed by atoms with Gasteiger partial charge in [-0.25, -0.2) is 0 Å². The van der Waals surface area contributed by atoms with E-state index in [0.717, 1.165) is 11.1 Å². The molecule has 1 aromatic rings. The fourth-order valence-corrected chi connectivity index (χ4v) is 1.47. The number of alkyl halides is 1. The average molecular weight is 229 g/mol. The fraction of sp³-hybridized carbons (Fsp3) is 0.364. The first-order valence-electron chi connectivity index (χ1n) is 4.48. The van der Waals surface area contributed by atoms with E-state index in [4.69, 9.17) is 16.3 Å². The highest BCUT2D eigenvalue weighted by Crippen LogP contribution is 2.22. The molecule has 0 saturated carbocycles. The number of methoxy groups -OCH3 is 2. The predicted molar refractivity (Wildman–Crippen MR) is 57.8 cm³/mol. The van der Waals surface area contributed by atoms with Crippen molar-refractivity contribution < 1.29 is 14.3 Å². The summed E-state index contributed by atoms with van der Waals surface area (Å²) < 4.78 is 9.55. The molecule has 1 aromatic carbocycles. The van der Waals surface area contributed by atoms with Crippen LogP contribution in [0.1, 0.15) is 16.5 Å². The molecular weight excluding hydrogens is 216 g/mol. The van der Waals surface area contributed by atoms with Crippen LogP contribution in [0.4, 0.5) is 0 Å². The first kappa shape index (κ1) is 12.0. The lowest BCUT2D eigenvalue weighted by Gasteiger charge is -2.08. The second kappa shape index (κ2) is 5.73. The Morgan fingerprint density at radius 2 is 2.20 bits per heavy atom. The monoisotopic (exact) mass is 228 g/mol. The van der Waals surface area contributed by atoms with Gasteiger partial charge in [0.15, 0.2) is 5.38 Å². The Hall–Kier alpha value is -1.06. The Bertz CT molecular complexity index is 338. The van der Waals surface area contributed by atoms with Gasteiger partial charge >= 0.3 is 5.97 Å². The van der Waals surface area contributed by atoms with Crippen molar-refractivity contribution in [1.82, 2.24) is 0 Å². The van der Waals surface area contributed by atoms with Crippen molar-refractivity contribution in [2.45, 2.75) is 12.0 Å². The molecule has 1 rings (SSSR count). The Labute approximate surface area is 93.9 Å². The van der Waals surface area contributed by atoms with E-state index in [9.17, 15) is 4.79 Å². The van der Waals surface area contributed by atoms with Crippen LogP contribution in [0, 0.1) is 0 Å². The zero-order chi connectivity index (χ0) is 11.3. The summed E-state index contributed by atoms with van der Waals surface area (Å²) in [6.07, 6.45) is 0. The van der Waals surface area contributed by atoms with Crippen molar-refractivity contribution in [3.8, 4) is 0 Å². The second-order valence-electron chi connectivity index (χ2n) is 3.06. The lowest BCUT2D eigenvalue weighted by Crippen LogP contribution is -2.08. The van der Waals surface area contributed by atoms with E-state index in [0.29, 0.717) is 6.61 Å². The van der Waals surface area contributed by atoms with Gasteiger partial charge in [0.25, 0.3) is 0 Å². The summed E-state index contributed by atoms with van der Waals surface area (Å²) in [6, 6.07) is 7.36. The lowest BCUT2D eigenvalue weighted by atomic mass is 10.1. The standard InChI is InChI=1S/C11H13ClO3/c1-14-7-8-4-3-5-9(6-8)10(12)11(13)15-2/h3-6,10H,7H2,1-2H3. The maximum atomic E-state index is 11.2. The largest absolute Gasteiger partial charge is 0.468 e. The van der Waals surface area contributed by atoms with Crippen LogP contribution < -0.4 is 0 Å². The van der Waals surface area contributed by atoms with Crippen molar-refractivity contribution in [3.05, 3.63) is 35.4 Å². The molecule has 0 aliphatic carbocycles. The third-order valence-corrected chi connectivity index (χ3v) is 2.39. The van der Waals surface area contributed by atoms with E-state index in [1.165, 1.54) is 7.11 Å². The molecule has 0 radical (unpaired) electrons. The van der Waals surface area contributed by atoms with Crippen LogP contribution in [0.3, 0.4) is 0 Å². The van der Waals surface area contributed by atoms with Crippen LogP contribution in [0.5, 0.6) is 0 Å². The van der Waals surface area contributed by atoms with Gasteiger partial charge in [-0.05, 0) is 11.1 Å². The van der Waals surface area contributed by atoms with Crippen molar-refractivity contribution in [3.63, 3.8) is 0 Å². The summed E-state index contributed by atoms with van der Waals surface area (Å²) in [7, 11) is 2.93. The summed E-state index contributed by atoms with van der Waals surface area (Å²) in [5.41, 5.74) is 1.70. The lowest BCUT2D eigenvalue weighted by molar-refractivity contribution is -0.140. The highest BCUT2D eigenvalue weighted by atomic mass is 35.5. The van der Waals surface area contributed by atoms with Gasteiger partial charge in [0.2, 0.25) is 0 Å². The van der Waals surface area contributed by atoms with Crippen LogP contribution in [0.2, 0.25) is 0 Å². The molecule has 0 aliphatic rings. The van der Waals surface area contributed by atoms with E-state index < -0.39 is 11.3 Å². The molecule has 15 heavy (non-hydrogen) atoms. The number of halogens is 1. The maximum Gasteiger partial charge on any atom is 0.328 e. The van der Waals surface area contributed by atoms with Crippen molar-refractivity contribution in [1.29, 1.82) is 0 Å². The van der Waals surface area contributed by atoms with Crippen molar-refractivity contribution in [2.24, 2.45) is 0 Å². The zero-order valence-corrected chi connectivity index (χ0v) is 9.45. The minimum Gasteiger partial charge on any atom is -0.468 e. The topological polar surface area (TPSA) is 35.5 Å². The summed E-state index contributed by atoms with van der Waals surface area (Å²) >= 11 is 5.91. The highest BCUT2D eigenvalue weighted by Gasteiger charge is 2.17. The molecule has 0 heterocycles. The quantitative estimate of drug-likeness (QED) is 0.586. The summed E-state index contributed by atoms with van der Waals surface area (Å²) in [5, 5.41) is -0.758. The number of benzene rings is 1. The van der Waals surface area contributed by atoms with Gasteiger partial charge in [0.1, 0.15) is 0 Å². The molecule has 1 unspecified atom stereocenters. The Morgan fingerprint density at radius 3 is 2.80 bits per heavy atom. The molecule has 0 bridgehead atoms. The molecule has 0 fully saturated rings. The molecule has 3 nitrogen and oxygen atoms in total. The van der Waals surface area contributed by atoms with Crippen LogP contribution >= 0.6 is 11.6 Å². The van der Waals surface area contributed by atoms with E-state index >= 15 is 0 Å². The molecule has 0 N–H and O–H groups in total. The Kier molecular flexibility index (Phi) is 4.59. The molecular formula is C11H13ClO3. The average Bonchev–Trinajstić information content (AvgIpc) is 2.28. The number of carbonyl (C=O) groups excluding carboxylic acids is 1. The summed E-state index contributed by atoms with van der Waals surface area (Å²) in [6.45, 7) is 0.499. The maximum absolute atomic E-state index is 11.2. The molecule has 82 valence electrons. The van der Waals surface area contributed by atoms with Gasteiger partial charge in [-0.2, -0.15) is 0 Å². The van der Waals surface area contributed by atoms with E-state index in [1.54, 1.807) is 13.2 Å². The molecule has 0 saturated heterocycles. The Morgan fingerprint density at radius 1 is 1.47 bits per heavy atom. The smallest absolute Gasteiger partial charge is 0.328 e. The van der Waals surface area contributed by atoms with Gasteiger partial charge in [0, 0.05) is 7.11 Å². The van der Waals surface area contributed by atoms with E-state index in [-0.39, 0.29) is 0 Å². The van der Waals surface area contributed by atoms with Crippen molar-refractivity contribution >= 4 is 17.6 Å². The van der Waals surface area contributed by atoms with Gasteiger partial charge < -0.3 is 9.47 Å². The fourth-order valence-electron chi connectivity index (χ4n) is 1.25. The van der Waals surface area contributed by atoms with Crippen LogP contribution in [0.25, 0.3) is 0 Å². The molecule has 0 aromatic heterocycles. The summed E-state index contributed by atoms with van der Waals surface area (Å²) in [5.74, 6) is -0.453. The molecule has 0 aliphatic heterocycles. The number of hydrogen-bond acceptors (Lipinski definition) is 3. The van der Waals surface area contributed by atoms with Crippen molar-refractivity contribution in [2.75, 3.05) is 14.2 Å². The SMILES string of the molecule is COCc1cccc(C(Cl)C(=O)OC)c1. The number of rotatable bonds is 4. The molecule has 0 spiro atoms. The predicted octanol–water partition coefficient (Wildman–Crippen LogP) is 2.29. The third kappa shape index (κ3) is 3.22. The van der Waals surface area contributed by atoms with Crippen LogP contribution in [-0.2, 0) is 20.9 Å². The van der Waals surface area contributed by atoms with Crippen LogP contribution in [-0.4, -0.2) is 20.2 Å². The highest BCUT2D eigenvalue weighted by molar-refractivity contribution is 6.29. The second-order valence-corrected chi connectivity index (χ2v) is 3.50.